The Bertz CT molecular complexity index is 1180. The van der Waals surface area contributed by atoms with Crippen LogP contribution in [0, 0.1) is 0 Å². The maximum absolute atomic E-state index is 12.2. The molecule has 10 heteroatoms. The fraction of sp³-hybridized carbons (Fsp3) is 0.857. The third kappa shape index (κ3) is 53.2. The Balaban J connectivity index is 3.52. The molecule has 2 unspecified atom stereocenters. The SMILES string of the molecule is CCCCC/C=C\C/C=C\C/C=C\CCCCCCCCCCC(=O)OCC(O)COP(=O)(O)OCCNC(=O)CCCCCCCCCCCCCCCCCCCCCCCCCC. The Hall–Kier alpha value is -1.77. The zero-order valence-corrected chi connectivity index (χ0v) is 44.0. The van der Waals surface area contributed by atoms with Crippen LogP contribution in [0.5, 0.6) is 0 Å². The molecule has 0 bridgehead atoms. The van der Waals surface area contributed by atoms with Crippen molar-refractivity contribution >= 4 is 19.7 Å². The van der Waals surface area contributed by atoms with Crippen LogP contribution in [0.1, 0.15) is 277 Å². The molecule has 0 aromatic carbocycles. The van der Waals surface area contributed by atoms with E-state index in [-0.39, 0.29) is 32.1 Å². The second kappa shape index (κ2) is 52.6. The average Bonchev–Trinajstić information content (AvgIpc) is 3.31. The molecule has 9 nitrogen and oxygen atoms in total. The van der Waals surface area contributed by atoms with Crippen LogP contribution in [-0.2, 0) is 27.9 Å². The highest BCUT2D eigenvalue weighted by molar-refractivity contribution is 7.47. The van der Waals surface area contributed by atoms with Crippen molar-refractivity contribution in [1.29, 1.82) is 0 Å². The normalized spacial score (nSPS) is 13.3. The number of carbonyl (C=O) groups is 2. The first-order valence-corrected chi connectivity index (χ1v) is 29.5. The van der Waals surface area contributed by atoms with Crippen molar-refractivity contribution in [2.75, 3.05) is 26.4 Å². The summed E-state index contributed by atoms with van der Waals surface area (Å²) in [7, 11) is -4.43. The van der Waals surface area contributed by atoms with Gasteiger partial charge in [0.05, 0.1) is 13.2 Å². The summed E-state index contributed by atoms with van der Waals surface area (Å²) < 4.78 is 27.0. The van der Waals surface area contributed by atoms with Crippen LogP contribution < -0.4 is 5.32 Å². The molecule has 0 fully saturated rings. The number of unbranched alkanes of at least 4 members (excludes halogenated alkanes) is 34. The zero-order chi connectivity index (χ0) is 48.1. The van der Waals surface area contributed by atoms with Crippen molar-refractivity contribution < 1.29 is 37.9 Å². The molecule has 388 valence electrons. The number of nitrogens with one attached hydrogen (secondary N) is 1. The van der Waals surface area contributed by atoms with E-state index in [1.807, 2.05) is 0 Å². The van der Waals surface area contributed by atoms with E-state index in [2.05, 4.69) is 55.6 Å². The standard InChI is InChI=1S/C56H106NO8P/c1-3-5-7-9-11-13-15-17-19-21-23-25-26-27-29-30-32-34-36-38-40-42-44-46-48-55(59)57-50-51-64-66(61,62)65-53-54(58)52-63-56(60)49-47-45-43-41-39-37-35-33-31-28-24-22-20-18-16-14-12-10-8-6-4-2/h12,14,18,20,24,28,54,58H,3-11,13,15-17,19,21-23,25-27,29-53H2,1-2H3,(H,57,59)(H,61,62)/b14-12-,20-18-,28-24-. The molecule has 0 radical (unpaired) electrons. The smallest absolute Gasteiger partial charge is 0.463 e. The summed E-state index contributed by atoms with van der Waals surface area (Å²) in [6.07, 6.45) is 62.4. The van der Waals surface area contributed by atoms with Gasteiger partial charge in [0.1, 0.15) is 12.7 Å². The predicted molar refractivity (Wildman–Crippen MR) is 280 cm³/mol. The first-order valence-electron chi connectivity index (χ1n) is 28.0. The molecule has 0 rings (SSSR count). The summed E-state index contributed by atoms with van der Waals surface area (Å²) in [4.78, 5) is 34.1. The number of allylic oxidation sites excluding steroid dienone is 6. The Morgan fingerprint density at radius 3 is 1.26 bits per heavy atom. The summed E-state index contributed by atoms with van der Waals surface area (Å²) in [6.45, 7) is 3.57. The quantitative estimate of drug-likeness (QED) is 0.0238. The van der Waals surface area contributed by atoms with Crippen molar-refractivity contribution in [3.63, 3.8) is 0 Å². The van der Waals surface area contributed by atoms with Gasteiger partial charge in [0, 0.05) is 19.4 Å². The molecule has 0 aliphatic heterocycles. The molecule has 0 aromatic heterocycles. The molecule has 66 heavy (non-hydrogen) atoms. The van der Waals surface area contributed by atoms with E-state index in [1.54, 1.807) is 0 Å². The van der Waals surface area contributed by atoms with Gasteiger partial charge in [0.2, 0.25) is 5.91 Å². The van der Waals surface area contributed by atoms with Crippen molar-refractivity contribution in [3.8, 4) is 0 Å². The van der Waals surface area contributed by atoms with Crippen LogP contribution in [-0.4, -0.2) is 54.3 Å². The fourth-order valence-corrected chi connectivity index (χ4v) is 8.85. The van der Waals surface area contributed by atoms with E-state index < -0.39 is 26.5 Å². The van der Waals surface area contributed by atoms with Crippen LogP contribution >= 0.6 is 7.82 Å². The van der Waals surface area contributed by atoms with Gasteiger partial charge in [-0.1, -0.05) is 249 Å². The minimum absolute atomic E-state index is 0.0840. The van der Waals surface area contributed by atoms with Crippen molar-refractivity contribution in [2.24, 2.45) is 0 Å². The molecule has 1 amide bonds. The van der Waals surface area contributed by atoms with Crippen LogP contribution in [0.4, 0.5) is 0 Å². The highest BCUT2D eigenvalue weighted by atomic mass is 31.2. The number of amides is 1. The minimum atomic E-state index is -4.43. The summed E-state index contributed by atoms with van der Waals surface area (Å²) in [5, 5.41) is 12.8. The van der Waals surface area contributed by atoms with Crippen molar-refractivity contribution in [1.82, 2.24) is 5.32 Å². The second-order valence-corrected chi connectivity index (χ2v) is 20.4. The number of phosphoric ester groups is 1. The lowest BCUT2D eigenvalue weighted by Crippen LogP contribution is -2.27. The maximum Gasteiger partial charge on any atom is 0.472 e. The van der Waals surface area contributed by atoms with Gasteiger partial charge in [0.25, 0.3) is 0 Å². The number of ether oxygens (including phenoxy) is 1. The van der Waals surface area contributed by atoms with Gasteiger partial charge in [-0.05, 0) is 51.4 Å². The minimum Gasteiger partial charge on any atom is -0.463 e. The summed E-state index contributed by atoms with van der Waals surface area (Å²) in [5.41, 5.74) is 0. The number of phosphoric acid groups is 1. The molecule has 0 heterocycles. The molecule has 0 saturated carbocycles. The van der Waals surface area contributed by atoms with Crippen molar-refractivity contribution in [2.45, 2.75) is 283 Å². The lowest BCUT2D eigenvalue weighted by molar-refractivity contribution is -0.147. The molecular formula is C56H106NO8P. The molecule has 0 saturated heterocycles. The Morgan fingerprint density at radius 2 is 0.818 bits per heavy atom. The monoisotopic (exact) mass is 952 g/mol. The largest absolute Gasteiger partial charge is 0.472 e. The highest BCUT2D eigenvalue weighted by Gasteiger charge is 2.23. The number of hydrogen-bond acceptors (Lipinski definition) is 7. The first-order chi connectivity index (χ1) is 32.3. The molecule has 0 spiro atoms. The number of rotatable bonds is 53. The molecule has 2 atom stereocenters. The van der Waals surface area contributed by atoms with E-state index in [1.165, 1.54) is 186 Å². The average molecular weight is 952 g/mol. The lowest BCUT2D eigenvalue weighted by Gasteiger charge is -2.15. The summed E-state index contributed by atoms with van der Waals surface area (Å²) >= 11 is 0. The van der Waals surface area contributed by atoms with Gasteiger partial charge >= 0.3 is 13.8 Å². The summed E-state index contributed by atoms with van der Waals surface area (Å²) in [6, 6.07) is 0. The predicted octanol–water partition coefficient (Wildman–Crippen LogP) is 16.8. The Labute approximate surface area is 407 Å². The molecule has 0 aliphatic carbocycles. The molecule has 0 aromatic rings. The Morgan fingerprint density at radius 1 is 0.470 bits per heavy atom. The van der Waals surface area contributed by atoms with Gasteiger partial charge in [-0.3, -0.25) is 18.6 Å². The number of aliphatic hydroxyl groups is 1. The van der Waals surface area contributed by atoms with Crippen LogP contribution in [0.3, 0.4) is 0 Å². The van der Waals surface area contributed by atoms with E-state index in [9.17, 15) is 24.2 Å². The van der Waals surface area contributed by atoms with Crippen molar-refractivity contribution in [3.05, 3.63) is 36.5 Å². The number of hydrogen-bond donors (Lipinski definition) is 3. The Kier molecular flexibility index (Phi) is 51.2. The van der Waals surface area contributed by atoms with Gasteiger partial charge in [-0.15, -0.1) is 0 Å². The molecular weight excluding hydrogens is 846 g/mol. The lowest BCUT2D eigenvalue weighted by atomic mass is 10.0. The van der Waals surface area contributed by atoms with E-state index >= 15 is 0 Å². The molecule has 3 N–H and O–H groups in total. The first kappa shape index (κ1) is 64.2. The van der Waals surface area contributed by atoms with Crippen LogP contribution in [0.15, 0.2) is 36.5 Å². The van der Waals surface area contributed by atoms with Crippen LogP contribution in [0.2, 0.25) is 0 Å². The van der Waals surface area contributed by atoms with E-state index in [0.29, 0.717) is 6.42 Å². The topological polar surface area (TPSA) is 131 Å². The number of aliphatic hydroxyl groups excluding tert-OH is 1. The number of carbonyl (C=O) groups excluding carboxylic acids is 2. The molecule has 0 aliphatic rings. The van der Waals surface area contributed by atoms with Gasteiger partial charge in [0.15, 0.2) is 0 Å². The van der Waals surface area contributed by atoms with Gasteiger partial charge in [-0.25, -0.2) is 4.57 Å². The fourth-order valence-electron chi connectivity index (χ4n) is 8.10. The zero-order valence-electron chi connectivity index (χ0n) is 43.2. The summed E-state index contributed by atoms with van der Waals surface area (Å²) in [5.74, 6) is -0.512. The third-order valence-electron chi connectivity index (χ3n) is 12.3. The van der Waals surface area contributed by atoms with Gasteiger partial charge in [-0.2, -0.15) is 0 Å². The second-order valence-electron chi connectivity index (χ2n) is 18.9. The highest BCUT2D eigenvalue weighted by Crippen LogP contribution is 2.42. The van der Waals surface area contributed by atoms with Gasteiger partial charge < -0.3 is 20.1 Å². The maximum atomic E-state index is 12.2. The number of esters is 1. The van der Waals surface area contributed by atoms with Crippen LogP contribution in [0.25, 0.3) is 0 Å². The third-order valence-corrected chi connectivity index (χ3v) is 13.3. The van der Waals surface area contributed by atoms with E-state index in [4.69, 9.17) is 13.8 Å². The van der Waals surface area contributed by atoms with E-state index in [0.717, 1.165) is 64.2 Å².